The summed E-state index contributed by atoms with van der Waals surface area (Å²) < 4.78 is 0. The Labute approximate surface area is 124 Å². The van der Waals surface area contributed by atoms with Gasteiger partial charge in [0.25, 0.3) is 11.6 Å². The molecule has 0 saturated heterocycles. The third-order valence-corrected chi connectivity index (χ3v) is 3.49. The summed E-state index contributed by atoms with van der Waals surface area (Å²) in [7, 11) is 0. The molecule has 1 unspecified atom stereocenters. The summed E-state index contributed by atoms with van der Waals surface area (Å²) in [6.45, 7) is 0. The molecule has 2 aromatic rings. The fourth-order valence-electron chi connectivity index (χ4n) is 2.18. The van der Waals surface area contributed by atoms with Crippen LogP contribution in [-0.2, 0) is 0 Å². The van der Waals surface area contributed by atoms with Crippen molar-refractivity contribution in [3.8, 4) is 0 Å². The van der Waals surface area contributed by atoms with Gasteiger partial charge in [-0.3, -0.25) is 14.9 Å². The average molecular weight is 304 g/mol. The summed E-state index contributed by atoms with van der Waals surface area (Å²) in [4.78, 5) is 22.3. The lowest BCUT2D eigenvalue weighted by atomic mass is 10.1. The highest BCUT2D eigenvalue weighted by Crippen LogP contribution is 2.29. The van der Waals surface area contributed by atoms with Gasteiger partial charge in [0.1, 0.15) is 6.17 Å². The average Bonchev–Trinajstić information content (AvgIpc) is 2.47. The van der Waals surface area contributed by atoms with Gasteiger partial charge in [0.05, 0.1) is 10.5 Å². The number of hydrogen-bond acceptors (Lipinski definition) is 4. The molecule has 1 atom stereocenters. The van der Waals surface area contributed by atoms with Crippen molar-refractivity contribution in [1.29, 1.82) is 0 Å². The zero-order valence-electron chi connectivity index (χ0n) is 10.7. The van der Waals surface area contributed by atoms with Crippen LogP contribution in [0.2, 0.25) is 5.02 Å². The highest BCUT2D eigenvalue weighted by molar-refractivity contribution is 6.30. The van der Waals surface area contributed by atoms with Crippen molar-refractivity contribution in [3.05, 3.63) is 68.7 Å². The van der Waals surface area contributed by atoms with Gasteiger partial charge in [-0.15, -0.1) is 0 Å². The highest BCUT2D eigenvalue weighted by Gasteiger charge is 2.26. The first-order valence-corrected chi connectivity index (χ1v) is 6.54. The lowest BCUT2D eigenvalue weighted by molar-refractivity contribution is -0.384. The molecule has 1 heterocycles. The normalized spacial score (nSPS) is 16.6. The second kappa shape index (κ2) is 5.06. The van der Waals surface area contributed by atoms with E-state index in [1.54, 1.807) is 24.3 Å². The van der Waals surface area contributed by atoms with E-state index in [1.807, 2.05) is 0 Å². The molecule has 2 aromatic carbocycles. The molecule has 0 aliphatic carbocycles. The van der Waals surface area contributed by atoms with Crippen LogP contribution >= 0.6 is 11.6 Å². The Hall–Kier alpha value is -2.60. The maximum absolute atomic E-state index is 12.1. The summed E-state index contributed by atoms with van der Waals surface area (Å²) in [6, 6.07) is 11.2. The molecule has 0 saturated carbocycles. The van der Waals surface area contributed by atoms with E-state index in [0.29, 0.717) is 10.7 Å². The Morgan fingerprint density at radius 1 is 1.10 bits per heavy atom. The third kappa shape index (κ3) is 2.53. The van der Waals surface area contributed by atoms with Crippen LogP contribution in [0.5, 0.6) is 0 Å². The number of nitro benzene ring substituents is 1. The summed E-state index contributed by atoms with van der Waals surface area (Å²) >= 11 is 5.84. The number of nitro groups is 1. The topological polar surface area (TPSA) is 84.3 Å². The Balaban J connectivity index is 1.94. The molecule has 106 valence electrons. The van der Waals surface area contributed by atoms with E-state index >= 15 is 0 Å². The SMILES string of the molecule is O=C1NC(c2ccc(Cl)cc2)Nc2ccc([N+](=O)[O-])cc21. The molecule has 0 aromatic heterocycles. The largest absolute Gasteiger partial charge is 0.361 e. The number of benzene rings is 2. The van der Waals surface area contributed by atoms with Crippen molar-refractivity contribution >= 4 is 28.9 Å². The zero-order valence-corrected chi connectivity index (χ0v) is 11.4. The van der Waals surface area contributed by atoms with Crippen molar-refractivity contribution in [2.24, 2.45) is 0 Å². The van der Waals surface area contributed by atoms with E-state index in [2.05, 4.69) is 10.6 Å². The number of carbonyl (C=O) groups excluding carboxylic acids is 1. The van der Waals surface area contributed by atoms with Crippen LogP contribution in [0.3, 0.4) is 0 Å². The summed E-state index contributed by atoms with van der Waals surface area (Å²) in [6.07, 6.45) is -0.399. The molecular formula is C14H10ClN3O3. The number of hydrogen-bond donors (Lipinski definition) is 2. The Morgan fingerprint density at radius 3 is 2.48 bits per heavy atom. The van der Waals surface area contributed by atoms with Crippen LogP contribution in [0.25, 0.3) is 0 Å². The molecule has 0 fully saturated rings. The van der Waals surface area contributed by atoms with Crippen LogP contribution in [0, 0.1) is 10.1 Å². The maximum atomic E-state index is 12.1. The fraction of sp³-hybridized carbons (Fsp3) is 0.0714. The van der Waals surface area contributed by atoms with Crippen molar-refractivity contribution in [2.75, 3.05) is 5.32 Å². The number of amides is 1. The minimum absolute atomic E-state index is 0.115. The first kappa shape index (κ1) is 13.4. The van der Waals surface area contributed by atoms with Gasteiger partial charge in [-0.2, -0.15) is 0 Å². The molecule has 0 spiro atoms. The van der Waals surface area contributed by atoms with Gasteiger partial charge in [0, 0.05) is 22.8 Å². The molecule has 0 bridgehead atoms. The van der Waals surface area contributed by atoms with Crippen molar-refractivity contribution in [1.82, 2.24) is 5.32 Å². The zero-order chi connectivity index (χ0) is 15.0. The van der Waals surface area contributed by atoms with E-state index < -0.39 is 11.1 Å². The van der Waals surface area contributed by atoms with Crippen molar-refractivity contribution in [2.45, 2.75) is 6.17 Å². The molecule has 6 nitrogen and oxygen atoms in total. The van der Waals surface area contributed by atoms with E-state index in [1.165, 1.54) is 18.2 Å². The minimum atomic E-state index is -0.529. The summed E-state index contributed by atoms with van der Waals surface area (Å²) in [5.41, 5.74) is 1.55. The molecule has 1 amide bonds. The smallest absolute Gasteiger partial charge is 0.270 e. The lowest BCUT2D eigenvalue weighted by Gasteiger charge is -2.28. The number of nitrogens with zero attached hydrogens (tertiary/aromatic N) is 1. The summed E-state index contributed by atoms with van der Waals surface area (Å²) in [5.74, 6) is -0.354. The summed E-state index contributed by atoms with van der Waals surface area (Å²) in [5, 5.41) is 17.3. The number of carbonyl (C=O) groups is 1. The minimum Gasteiger partial charge on any atom is -0.361 e. The van der Waals surface area contributed by atoms with E-state index in [0.717, 1.165) is 5.56 Å². The van der Waals surface area contributed by atoms with Crippen LogP contribution in [0.15, 0.2) is 42.5 Å². The highest BCUT2D eigenvalue weighted by atomic mass is 35.5. The Bertz CT molecular complexity index is 731. The van der Waals surface area contributed by atoms with Crippen LogP contribution in [0.1, 0.15) is 22.1 Å². The maximum Gasteiger partial charge on any atom is 0.270 e. The third-order valence-electron chi connectivity index (χ3n) is 3.24. The number of nitrogens with one attached hydrogen (secondary N) is 2. The number of non-ortho nitro benzene ring substituents is 1. The van der Waals surface area contributed by atoms with Crippen LogP contribution in [0.4, 0.5) is 11.4 Å². The number of halogens is 1. The number of fused-ring (bicyclic) bond motifs is 1. The molecule has 1 aliphatic heterocycles. The fourth-order valence-corrected chi connectivity index (χ4v) is 2.31. The van der Waals surface area contributed by atoms with E-state index in [9.17, 15) is 14.9 Å². The molecule has 1 aliphatic rings. The van der Waals surface area contributed by atoms with Crippen LogP contribution < -0.4 is 10.6 Å². The monoisotopic (exact) mass is 303 g/mol. The van der Waals surface area contributed by atoms with Gasteiger partial charge in [-0.1, -0.05) is 23.7 Å². The second-order valence-corrected chi connectivity index (χ2v) is 5.03. The predicted octanol–water partition coefficient (Wildman–Crippen LogP) is 3.10. The molecular weight excluding hydrogens is 294 g/mol. The van der Waals surface area contributed by atoms with Gasteiger partial charge in [0.2, 0.25) is 0 Å². The van der Waals surface area contributed by atoms with Crippen molar-refractivity contribution in [3.63, 3.8) is 0 Å². The van der Waals surface area contributed by atoms with Gasteiger partial charge in [0.15, 0.2) is 0 Å². The second-order valence-electron chi connectivity index (χ2n) is 4.59. The molecule has 3 rings (SSSR count). The molecule has 21 heavy (non-hydrogen) atoms. The first-order valence-electron chi connectivity index (χ1n) is 6.16. The first-order chi connectivity index (χ1) is 10.0. The van der Waals surface area contributed by atoms with Gasteiger partial charge in [-0.05, 0) is 23.8 Å². The van der Waals surface area contributed by atoms with Gasteiger partial charge in [-0.25, -0.2) is 0 Å². The van der Waals surface area contributed by atoms with E-state index in [4.69, 9.17) is 11.6 Å². The Morgan fingerprint density at radius 2 is 1.81 bits per heavy atom. The predicted molar refractivity (Wildman–Crippen MR) is 78.4 cm³/mol. The number of rotatable bonds is 2. The van der Waals surface area contributed by atoms with Crippen LogP contribution in [-0.4, -0.2) is 10.8 Å². The van der Waals surface area contributed by atoms with Crippen molar-refractivity contribution < 1.29 is 9.72 Å². The Kier molecular flexibility index (Phi) is 3.23. The van der Waals surface area contributed by atoms with E-state index in [-0.39, 0.29) is 17.2 Å². The molecule has 0 radical (unpaired) electrons. The quantitative estimate of drug-likeness (QED) is 0.659. The standard InChI is InChI=1S/C14H10ClN3O3/c15-9-3-1-8(2-4-9)13-16-12-6-5-10(18(20)21)7-11(12)14(19)17-13/h1-7,13,16H,(H,17,19). The number of anilines is 1. The molecule has 2 N–H and O–H groups in total. The molecule has 7 heteroatoms. The van der Waals surface area contributed by atoms with Gasteiger partial charge < -0.3 is 10.6 Å². The lowest BCUT2D eigenvalue weighted by Crippen LogP contribution is -2.38. The van der Waals surface area contributed by atoms with Gasteiger partial charge >= 0.3 is 0 Å².